The molecule has 1 unspecified atom stereocenters. The lowest BCUT2D eigenvalue weighted by atomic mass is 10.2. The van der Waals surface area contributed by atoms with Crippen molar-refractivity contribution >= 4 is 5.97 Å². The Bertz CT molecular complexity index is 302. The van der Waals surface area contributed by atoms with Gasteiger partial charge in [-0.3, -0.25) is 0 Å². The number of para-hydroxylation sites is 1. The monoisotopic (exact) mass is 192 g/mol. The standard InChI is InChI=1S/C11H12O3/c12-11(10-7-4-8-13-10)14-9-5-2-1-3-6-9/h1-3,5-6,10H,4,7-8H2. The van der Waals surface area contributed by atoms with Crippen LogP contribution in [0.4, 0.5) is 0 Å². The summed E-state index contributed by atoms with van der Waals surface area (Å²) >= 11 is 0. The fraction of sp³-hybridized carbons (Fsp3) is 0.364. The first-order valence-corrected chi connectivity index (χ1v) is 4.74. The zero-order chi connectivity index (χ0) is 9.80. The Morgan fingerprint density at radius 3 is 2.79 bits per heavy atom. The van der Waals surface area contributed by atoms with Crippen LogP contribution in [0.25, 0.3) is 0 Å². The van der Waals surface area contributed by atoms with Gasteiger partial charge in [0, 0.05) is 6.61 Å². The van der Waals surface area contributed by atoms with Crippen LogP contribution >= 0.6 is 0 Å². The summed E-state index contributed by atoms with van der Waals surface area (Å²) < 4.78 is 10.3. The number of esters is 1. The van der Waals surface area contributed by atoms with Gasteiger partial charge in [-0.25, -0.2) is 4.79 Å². The van der Waals surface area contributed by atoms with Crippen molar-refractivity contribution in [1.82, 2.24) is 0 Å². The first kappa shape index (κ1) is 9.21. The van der Waals surface area contributed by atoms with E-state index in [4.69, 9.17) is 9.47 Å². The van der Waals surface area contributed by atoms with Gasteiger partial charge in [0.1, 0.15) is 5.75 Å². The number of carbonyl (C=O) groups is 1. The van der Waals surface area contributed by atoms with Crippen LogP contribution < -0.4 is 4.74 Å². The second kappa shape index (κ2) is 4.24. The van der Waals surface area contributed by atoms with E-state index in [1.807, 2.05) is 18.2 Å². The maximum absolute atomic E-state index is 11.5. The molecule has 3 heteroatoms. The smallest absolute Gasteiger partial charge is 0.340 e. The lowest BCUT2D eigenvalue weighted by Crippen LogP contribution is -2.24. The van der Waals surface area contributed by atoms with Crippen LogP contribution in [0.1, 0.15) is 12.8 Å². The van der Waals surface area contributed by atoms with E-state index in [2.05, 4.69) is 0 Å². The third-order valence-corrected chi connectivity index (χ3v) is 2.15. The molecule has 14 heavy (non-hydrogen) atoms. The van der Waals surface area contributed by atoms with Crippen LogP contribution in [0.15, 0.2) is 30.3 Å². The topological polar surface area (TPSA) is 35.5 Å². The number of carbonyl (C=O) groups excluding carboxylic acids is 1. The van der Waals surface area contributed by atoms with Crippen molar-refractivity contribution in [3.63, 3.8) is 0 Å². The van der Waals surface area contributed by atoms with Crippen LogP contribution in [-0.2, 0) is 9.53 Å². The van der Waals surface area contributed by atoms with Gasteiger partial charge in [-0.05, 0) is 25.0 Å². The van der Waals surface area contributed by atoms with Gasteiger partial charge in [-0.15, -0.1) is 0 Å². The third-order valence-electron chi connectivity index (χ3n) is 2.15. The Kier molecular flexibility index (Phi) is 2.79. The number of hydrogen-bond acceptors (Lipinski definition) is 3. The Balaban J connectivity index is 1.94. The highest BCUT2D eigenvalue weighted by molar-refractivity contribution is 5.77. The zero-order valence-electron chi connectivity index (χ0n) is 7.81. The van der Waals surface area contributed by atoms with Gasteiger partial charge in [-0.2, -0.15) is 0 Å². The Morgan fingerprint density at radius 2 is 2.14 bits per heavy atom. The van der Waals surface area contributed by atoms with Crippen molar-refractivity contribution < 1.29 is 14.3 Å². The first-order chi connectivity index (χ1) is 6.86. The van der Waals surface area contributed by atoms with Crippen molar-refractivity contribution in [2.45, 2.75) is 18.9 Å². The molecule has 1 saturated heterocycles. The minimum atomic E-state index is -0.366. The maximum atomic E-state index is 11.5. The lowest BCUT2D eigenvalue weighted by molar-refractivity contribution is -0.144. The van der Waals surface area contributed by atoms with Gasteiger partial charge in [0.15, 0.2) is 6.10 Å². The van der Waals surface area contributed by atoms with Gasteiger partial charge >= 0.3 is 5.97 Å². The molecule has 1 heterocycles. The molecule has 0 aromatic heterocycles. The summed E-state index contributed by atoms with van der Waals surface area (Å²) in [5.74, 6) is 0.293. The molecule has 3 nitrogen and oxygen atoms in total. The summed E-state index contributed by atoms with van der Waals surface area (Å²) in [7, 11) is 0. The Morgan fingerprint density at radius 1 is 1.36 bits per heavy atom. The molecule has 1 fully saturated rings. The summed E-state index contributed by atoms with van der Waals surface area (Å²) in [4.78, 5) is 11.5. The van der Waals surface area contributed by atoms with Crippen LogP contribution in [0.3, 0.4) is 0 Å². The minimum Gasteiger partial charge on any atom is -0.425 e. The van der Waals surface area contributed by atoms with Crippen LogP contribution in [0.2, 0.25) is 0 Å². The van der Waals surface area contributed by atoms with E-state index in [9.17, 15) is 4.79 Å². The second-order valence-corrected chi connectivity index (χ2v) is 3.24. The highest BCUT2D eigenvalue weighted by Gasteiger charge is 2.25. The predicted octanol–water partition coefficient (Wildman–Crippen LogP) is 1.77. The molecule has 0 bridgehead atoms. The average Bonchev–Trinajstić information content (AvgIpc) is 2.72. The number of benzene rings is 1. The molecule has 1 aliphatic rings. The van der Waals surface area contributed by atoms with Crippen LogP contribution in [0.5, 0.6) is 5.75 Å². The molecular weight excluding hydrogens is 180 g/mol. The van der Waals surface area contributed by atoms with Gasteiger partial charge in [0.2, 0.25) is 0 Å². The second-order valence-electron chi connectivity index (χ2n) is 3.24. The summed E-state index contributed by atoms with van der Waals surface area (Å²) in [5.41, 5.74) is 0. The zero-order valence-corrected chi connectivity index (χ0v) is 7.81. The maximum Gasteiger partial charge on any atom is 0.340 e. The van der Waals surface area contributed by atoms with E-state index in [1.165, 1.54) is 0 Å². The average molecular weight is 192 g/mol. The predicted molar refractivity (Wildman–Crippen MR) is 51.1 cm³/mol. The fourth-order valence-corrected chi connectivity index (χ4v) is 1.43. The molecule has 0 N–H and O–H groups in total. The fourth-order valence-electron chi connectivity index (χ4n) is 1.43. The largest absolute Gasteiger partial charge is 0.425 e. The number of rotatable bonds is 2. The highest BCUT2D eigenvalue weighted by Crippen LogP contribution is 2.16. The van der Waals surface area contributed by atoms with Crippen molar-refractivity contribution in [2.24, 2.45) is 0 Å². The van der Waals surface area contributed by atoms with E-state index in [0.717, 1.165) is 12.8 Å². The molecule has 2 rings (SSSR count). The minimum absolute atomic E-state index is 0.284. The lowest BCUT2D eigenvalue weighted by Gasteiger charge is -2.08. The third kappa shape index (κ3) is 2.12. The molecular formula is C11H12O3. The molecule has 1 atom stereocenters. The van der Waals surface area contributed by atoms with Crippen molar-refractivity contribution in [3.05, 3.63) is 30.3 Å². The molecule has 0 aliphatic carbocycles. The van der Waals surface area contributed by atoms with E-state index in [-0.39, 0.29) is 12.1 Å². The molecule has 1 aromatic rings. The molecule has 1 aliphatic heterocycles. The number of hydrogen-bond donors (Lipinski definition) is 0. The van der Waals surface area contributed by atoms with E-state index < -0.39 is 0 Å². The Hall–Kier alpha value is -1.35. The highest BCUT2D eigenvalue weighted by atomic mass is 16.6. The van der Waals surface area contributed by atoms with E-state index in [0.29, 0.717) is 12.4 Å². The van der Waals surface area contributed by atoms with Gasteiger partial charge < -0.3 is 9.47 Å². The molecule has 0 spiro atoms. The quantitative estimate of drug-likeness (QED) is 0.529. The van der Waals surface area contributed by atoms with Crippen LogP contribution in [0, 0.1) is 0 Å². The normalized spacial score (nSPS) is 20.7. The summed E-state index contributed by atoms with van der Waals surface area (Å²) in [5, 5.41) is 0. The molecule has 0 radical (unpaired) electrons. The number of ether oxygens (including phenoxy) is 2. The van der Waals surface area contributed by atoms with Crippen molar-refractivity contribution in [1.29, 1.82) is 0 Å². The summed E-state index contributed by atoms with van der Waals surface area (Å²) in [6.07, 6.45) is 1.34. The SMILES string of the molecule is O=C(Oc1ccccc1)C1CCCO1. The Labute approximate surface area is 82.6 Å². The van der Waals surface area contributed by atoms with Crippen molar-refractivity contribution in [3.8, 4) is 5.75 Å². The molecule has 74 valence electrons. The van der Waals surface area contributed by atoms with Gasteiger partial charge in [0.05, 0.1) is 0 Å². The van der Waals surface area contributed by atoms with Crippen LogP contribution in [-0.4, -0.2) is 18.7 Å². The van der Waals surface area contributed by atoms with Crippen molar-refractivity contribution in [2.75, 3.05) is 6.61 Å². The van der Waals surface area contributed by atoms with Gasteiger partial charge in [-0.1, -0.05) is 18.2 Å². The molecule has 1 aromatic carbocycles. The van der Waals surface area contributed by atoms with E-state index in [1.54, 1.807) is 12.1 Å². The molecule has 0 amide bonds. The summed E-state index contributed by atoms with van der Waals surface area (Å²) in [6, 6.07) is 9.05. The van der Waals surface area contributed by atoms with Gasteiger partial charge in [0.25, 0.3) is 0 Å². The van der Waals surface area contributed by atoms with E-state index >= 15 is 0 Å². The molecule has 0 saturated carbocycles. The summed E-state index contributed by atoms with van der Waals surface area (Å²) in [6.45, 7) is 0.661. The first-order valence-electron chi connectivity index (χ1n) is 4.74.